The van der Waals surface area contributed by atoms with Crippen LogP contribution in [-0.2, 0) is 5.75 Å². The Morgan fingerprint density at radius 1 is 1.11 bits per heavy atom. The fourth-order valence-electron chi connectivity index (χ4n) is 1.80. The van der Waals surface area contributed by atoms with E-state index in [4.69, 9.17) is 0 Å². The molecule has 0 radical (unpaired) electrons. The summed E-state index contributed by atoms with van der Waals surface area (Å²) in [6.07, 6.45) is 1.24. The van der Waals surface area contributed by atoms with E-state index in [-0.39, 0.29) is 0 Å². The molecule has 0 aromatic heterocycles. The Morgan fingerprint density at radius 3 is 2.61 bits per heavy atom. The molecule has 0 amide bonds. The zero-order valence-corrected chi connectivity index (χ0v) is 12.5. The summed E-state index contributed by atoms with van der Waals surface area (Å²) in [7, 11) is 2.19. The fraction of sp³-hybridized carbons (Fsp3) is 0.600. The van der Waals surface area contributed by atoms with Crippen LogP contribution in [0.1, 0.15) is 18.9 Å². The largest absolute Gasteiger partial charge is 0.315 e. The van der Waals surface area contributed by atoms with Crippen molar-refractivity contribution in [2.45, 2.75) is 19.1 Å². The molecule has 0 saturated carbocycles. The van der Waals surface area contributed by atoms with Crippen LogP contribution >= 0.6 is 11.8 Å². The fourth-order valence-corrected chi connectivity index (χ4v) is 2.66. The Hall–Kier alpha value is -0.510. The highest BCUT2D eigenvalue weighted by Gasteiger charge is 1.96. The Kier molecular flexibility index (Phi) is 9.00. The van der Waals surface area contributed by atoms with Crippen molar-refractivity contribution in [3.63, 3.8) is 0 Å². The molecule has 0 saturated heterocycles. The number of hydrogen-bond donors (Lipinski definition) is 1. The smallest absolute Gasteiger partial charge is 0.0185 e. The lowest BCUT2D eigenvalue weighted by atomic mass is 10.2. The molecule has 0 unspecified atom stereocenters. The summed E-state index contributed by atoms with van der Waals surface area (Å²) in [4.78, 5) is 2.38. The highest BCUT2D eigenvalue weighted by atomic mass is 32.2. The number of benzene rings is 1. The highest BCUT2D eigenvalue weighted by Crippen LogP contribution is 2.10. The first-order chi connectivity index (χ1) is 8.83. The second-order valence-corrected chi connectivity index (χ2v) is 5.70. The van der Waals surface area contributed by atoms with Crippen LogP contribution in [0.2, 0.25) is 0 Å². The first-order valence-corrected chi connectivity index (χ1v) is 7.99. The summed E-state index contributed by atoms with van der Waals surface area (Å²) >= 11 is 2.00. The predicted octanol–water partition coefficient (Wildman–Crippen LogP) is 2.85. The van der Waals surface area contributed by atoms with Gasteiger partial charge in [0, 0.05) is 31.1 Å². The molecule has 0 spiro atoms. The van der Waals surface area contributed by atoms with E-state index >= 15 is 0 Å². The Labute approximate surface area is 116 Å². The summed E-state index contributed by atoms with van der Waals surface area (Å²) in [5, 5.41) is 3.50. The van der Waals surface area contributed by atoms with Gasteiger partial charge in [0.15, 0.2) is 0 Å². The van der Waals surface area contributed by atoms with Gasteiger partial charge < -0.3 is 10.2 Å². The molecule has 0 heterocycles. The first-order valence-electron chi connectivity index (χ1n) is 6.84. The minimum absolute atomic E-state index is 1.10. The quantitative estimate of drug-likeness (QED) is 0.656. The minimum atomic E-state index is 1.10. The zero-order chi connectivity index (χ0) is 13.1. The van der Waals surface area contributed by atoms with Crippen LogP contribution < -0.4 is 5.32 Å². The van der Waals surface area contributed by atoms with Crippen molar-refractivity contribution < 1.29 is 0 Å². The van der Waals surface area contributed by atoms with Gasteiger partial charge in [-0.3, -0.25) is 0 Å². The molecule has 1 aromatic carbocycles. The number of nitrogens with one attached hydrogen (secondary N) is 1. The molecular formula is C15H26N2S. The van der Waals surface area contributed by atoms with Gasteiger partial charge in [-0.25, -0.2) is 0 Å². The molecule has 102 valence electrons. The molecule has 0 aliphatic heterocycles. The van der Waals surface area contributed by atoms with Crippen molar-refractivity contribution in [1.82, 2.24) is 10.2 Å². The molecule has 2 nitrogen and oxygen atoms in total. The van der Waals surface area contributed by atoms with Gasteiger partial charge in [-0.2, -0.15) is 11.8 Å². The van der Waals surface area contributed by atoms with Crippen molar-refractivity contribution in [1.29, 1.82) is 0 Å². The average Bonchev–Trinajstić information content (AvgIpc) is 2.39. The van der Waals surface area contributed by atoms with E-state index in [0.717, 1.165) is 25.4 Å². The van der Waals surface area contributed by atoms with Crippen molar-refractivity contribution in [3.8, 4) is 0 Å². The number of nitrogens with zero attached hydrogens (tertiary/aromatic N) is 1. The van der Waals surface area contributed by atoms with Gasteiger partial charge in [0.25, 0.3) is 0 Å². The van der Waals surface area contributed by atoms with Crippen LogP contribution in [0.25, 0.3) is 0 Å². The van der Waals surface area contributed by atoms with Crippen LogP contribution in [-0.4, -0.2) is 43.9 Å². The Morgan fingerprint density at radius 2 is 1.89 bits per heavy atom. The number of likely N-dealkylation sites (N-methyl/N-ethyl adjacent to an activating group) is 1. The van der Waals surface area contributed by atoms with Crippen LogP contribution in [0.4, 0.5) is 0 Å². The van der Waals surface area contributed by atoms with Gasteiger partial charge in [0.1, 0.15) is 0 Å². The molecule has 1 rings (SSSR count). The molecule has 0 aliphatic carbocycles. The molecule has 0 aliphatic rings. The lowest BCUT2D eigenvalue weighted by Gasteiger charge is -2.15. The van der Waals surface area contributed by atoms with Gasteiger partial charge >= 0.3 is 0 Å². The number of hydrogen-bond acceptors (Lipinski definition) is 3. The zero-order valence-electron chi connectivity index (χ0n) is 11.7. The molecule has 0 atom stereocenters. The molecule has 1 aromatic rings. The Balaban J connectivity index is 1.90. The normalized spacial score (nSPS) is 11.1. The molecule has 0 fully saturated rings. The van der Waals surface area contributed by atoms with E-state index in [1.807, 2.05) is 11.8 Å². The van der Waals surface area contributed by atoms with E-state index in [1.54, 1.807) is 0 Å². The number of thioether (sulfide) groups is 1. The van der Waals surface area contributed by atoms with Gasteiger partial charge in [0.05, 0.1) is 0 Å². The lowest BCUT2D eigenvalue weighted by molar-refractivity contribution is 0.333. The van der Waals surface area contributed by atoms with Crippen molar-refractivity contribution >= 4 is 11.8 Å². The summed E-state index contributed by atoms with van der Waals surface area (Å²) in [6.45, 7) is 6.78. The van der Waals surface area contributed by atoms with Crippen molar-refractivity contribution in [2.75, 3.05) is 39.0 Å². The van der Waals surface area contributed by atoms with E-state index in [0.29, 0.717) is 0 Å². The van der Waals surface area contributed by atoms with E-state index in [1.165, 1.54) is 24.3 Å². The summed E-state index contributed by atoms with van der Waals surface area (Å²) in [6, 6.07) is 10.7. The van der Waals surface area contributed by atoms with Crippen LogP contribution in [0.5, 0.6) is 0 Å². The van der Waals surface area contributed by atoms with Gasteiger partial charge in [-0.1, -0.05) is 37.3 Å². The second kappa shape index (κ2) is 10.4. The van der Waals surface area contributed by atoms with Gasteiger partial charge in [-0.05, 0) is 25.6 Å². The van der Waals surface area contributed by atoms with Crippen molar-refractivity contribution in [3.05, 3.63) is 35.9 Å². The summed E-state index contributed by atoms with van der Waals surface area (Å²) in [5.74, 6) is 2.31. The third kappa shape index (κ3) is 7.75. The monoisotopic (exact) mass is 266 g/mol. The SMILES string of the molecule is CCCN(C)CCNCCSCc1ccccc1. The van der Waals surface area contributed by atoms with Crippen molar-refractivity contribution in [2.24, 2.45) is 0 Å². The van der Waals surface area contributed by atoms with Crippen LogP contribution in [0.3, 0.4) is 0 Å². The third-order valence-corrected chi connectivity index (χ3v) is 3.84. The molecule has 0 bridgehead atoms. The molecular weight excluding hydrogens is 240 g/mol. The summed E-state index contributed by atoms with van der Waals surface area (Å²) < 4.78 is 0. The maximum Gasteiger partial charge on any atom is 0.0185 e. The molecule has 1 N–H and O–H groups in total. The highest BCUT2D eigenvalue weighted by molar-refractivity contribution is 7.98. The second-order valence-electron chi connectivity index (χ2n) is 4.59. The topological polar surface area (TPSA) is 15.3 Å². The maximum atomic E-state index is 3.50. The van der Waals surface area contributed by atoms with E-state index in [2.05, 4.69) is 54.5 Å². The number of rotatable bonds is 10. The third-order valence-electron chi connectivity index (χ3n) is 2.81. The maximum absolute atomic E-state index is 3.50. The Bertz CT molecular complexity index is 290. The average molecular weight is 266 g/mol. The van der Waals surface area contributed by atoms with Crippen LogP contribution in [0.15, 0.2) is 30.3 Å². The van der Waals surface area contributed by atoms with Gasteiger partial charge in [-0.15, -0.1) is 0 Å². The molecule has 18 heavy (non-hydrogen) atoms. The van der Waals surface area contributed by atoms with E-state index < -0.39 is 0 Å². The molecule has 3 heteroatoms. The standard InChI is InChI=1S/C15H26N2S/c1-3-11-17(2)12-9-16-10-13-18-14-15-7-5-4-6-8-15/h4-8,16H,3,9-14H2,1-2H3. The van der Waals surface area contributed by atoms with Gasteiger partial charge in [0.2, 0.25) is 0 Å². The first kappa shape index (κ1) is 15.5. The van der Waals surface area contributed by atoms with E-state index in [9.17, 15) is 0 Å². The minimum Gasteiger partial charge on any atom is -0.315 e. The summed E-state index contributed by atoms with van der Waals surface area (Å²) in [5.41, 5.74) is 1.42. The lowest BCUT2D eigenvalue weighted by Crippen LogP contribution is -2.30. The van der Waals surface area contributed by atoms with Crippen LogP contribution in [0, 0.1) is 0 Å². The predicted molar refractivity (Wildman–Crippen MR) is 83.3 cm³/mol.